The Balaban J connectivity index is 0.928. The number of hydrogen-bond donors (Lipinski definition) is 4. The van der Waals surface area contributed by atoms with Crippen LogP contribution in [-0.2, 0) is 9.59 Å². The van der Waals surface area contributed by atoms with Crippen molar-refractivity contribution in [3.63, 3.8) is 0 Å². The minimum Gasteiger partial charge on any atom is -0.465 e. The predicted molar refractivity (Wildman–Crippen MR) is 200 cm³/mol. The Bertz CT molecular complexity index is 2050. The Hall–Kier alpha value is -5.75. The molecule has 0 saturated carbocycles. The summed E-state index contributed by atoms with van der Waals surface area (Å²) < 4.78 is 0. The van der Waals surface area contributed by atoms with E-state index in [0.717, 1.165) is 103 Å². The zero-order valence-corrected chi connectivity index (χ0v) is 29.6. The van der Waals surface area contributed by atoms with Crippen LogP contribution in [0.2, 0.25) is 0 Å². The van der Waals surface area contributed by atoms with Gasteiger partial charge in [-0.2, -0.15) is 0 Å². The molecule has 0 unspecified atom stereocenters. The molecule has 0 aliphatic carbocycles. The lowest BCUT2D eigenvalue weighted by molar-refractivity contribution is -0.138. The number of carbonyl (C=O) groups is 3. The largest absolute Gasteiger partial charge is 0.465 e. The molecule has 12 nitrogen and oxygen atoms in total. The maximum Gasteiger partial charge on any atom is 0.405 e. The van der Waals surface area contributed by atoms with Crippen molar-refractivity contribution in [3.05, 3.63) is 108 Å². The number of carboxylic acid groups (broad SMARTS) is 1. The van der Waals surface area contributed by atoms with E-state index in [4.69, 9.17) is 10.1 Å². The first-order valence-electron chi connectivity index (χ1n) is 18.6. The molecule has 8 rings (SSSR count). The third kappa shape index (κ3) is 7.19. The van der Waals surface area contributed by atoms with Gasteiger partial charge in [-0.15, -0.1) is 0 Å². The van der Waals surface area contributed by atoms with Crippen LogP contribution in [0.5, 0.6) is 0 Å². The molecule has 5 aromatic rings. The van der Waals surface area contributed by atoms with Crippen LogP contribution >= 0.6 is 0 Å². The molecule has 0 spiro atoms. The molecule has 3 atom stereocenters. The lowest BCUT2D eigenvalue weighted by Crippen LogP contribution is -2.42. The average molecular weight is 713 g/mol. The Morgan fingerprint density at radius 2 is 1.19 bits per heavy atom. The van der Waals surface area contributed by atoms with Crippen LogP contribution < -0.4 is 5.32 Å². The Morgan fingerprint density at radius 3 is 1.74 bits per heavy atom. The third-order valence-corrected chi connectivity index (χ3v) is 10.9. The molecule has 53 heavy (non-hydrogen) atoms. The highest BCUT2D eigenvalue weighted by Gasteiger charge is 2.39. The van der Waals surface area contributed by atoms with Gasteiger partial charge in [-0.3, -0.25) is 14.5 Å². The van der Waals surface area contributed by atoms with Crippen molar-refractivity contribution in [1.82, 2.24) is 40.0 Å². The molecule has 3 aliphatic heterocycles. The molecule has 3 amide bonds. The highest BCUT2D eigenvalue weighted by molar-refractivity contribution is 5.84. The van der Waals surface area contributed by atoms with Crippen molar-refractivity contribution < 1.29 is 19.5 Å². The number of carbonyl (C=O) groups excluding carboxylic acids is 2. The standard InChI is InChI=1S/C41H44N8O4/c50-36(26-44-41(52)53)48-22-6-10-34(48)38-42-24-32(45-38)29-16-12-27(13-17-29)28-14-18-30(19-15-28)33-25-43-39(46-33)35-11-7-23-49(35)40(51)37(47-20-4-5-21-47)31-8-2-1-3-9-31/h1-3,8-9,12-19,24-25,34-35,37,44H,4-7,10-11,20-23,26H2,(H,42,45)(H,43,46)(H,52,53)/t34-,35-,37+/m0/s1. The molecule has 3 saturated heterocycles. The Morgan fingerprint density at radius 1 is 0.679 bits per heavy atom. The van der Waals surface area contributed by atoms with E-state index in [1.807, 2.05) is 29.3 Å². The summed E-state index contributed by atoms with van der Waals surface area (Å²) >= 11 is 0. The second-order valence-electron chi connectivity index (χ2n) is 14.2. The predicted octanol–water partition coefficient (Wildman–Crippen LogP) is 6.57. The quantitative estimate of drug-likeness (QED) is 0.128. The van der Waals surface area contributed by atoms with Gasteiger partial charge in [-0.25, -0.2) is 14.8 Å². The molecule has 5 heterocycles. The molecule has 3 fully saturated rings. The number of nitrogens with zero attached hydrogens (tertiary/aromatic N) is 5. The molecule has 272 valence electrons. The summed E-state index contributed by atoms with van der Waals surface area (Å²) in [5.41, 5.74) is 7.02. The number of hydrogen-bond acceptors (Lipinski definition) is 6. The van der Waals surface area contributed by atoms with Gasteiger partial charge in [0.2, 0.25) is 11.8 Å². The number of rotatable bonds is 10. The second kappa shape index (κ2) is 15.1. The highest BCUT2D eigenvalue weighted by Crippen LogP contribution is 2.37. The molecule has 4 N–H and O–H groups in total. The number of imidazole rings is 2. The molecular formula is C41H44N8O4. The first-order valence-corrected chi connectivity index (χ1v) is 18.6. The maximum absolute atomic E-state index is 14.2. The van der Waals surface area contributed by atoms with E-state index < -0.39 is 6.09 Å². The van der Waals surface area contributed by atoms with Gasteiger partial charge in [-0.1, -0.05) is 78.9 Å². The molecule has 0 radical (unpaired) electrons. The van der Waals surface area contributed by atoms with Crippen molar-refractivity contribution in [1.29, 1.82) is 0 Å². The molecule has 0 bridgehead atoms. The monoisotopic (exact) mass is 712 g/mol. The number of nitrogens with one attached hydrogen (secondary N) is 3. The van der Waals surface area contributed by atoms with Crippen LogP contribution in [0.1, 0.15) is 73.9 Å². The first kappa shape index (κ1) is 34.3. The third-order valence-electron chi connectivity index (χ3n) is 10.9. The van der Waals surface area contributed by atoms with Crippen molar-refractivity contribution >= 4 is 17.9 Å². The number of likely N-dealkylation sites (tertiary alicyclic amines) is 3. The van der Waals surface area contributed by atoms with Crippen LogP contribution in [-0.4, -0.2) is 90.4 Å². The van der Waals surface area contributed by atoms with E-state index in [9.17, 15) is 14.4 Å². The lowest BCUT2D eigenvalue weighted by atomic mass is 10.0. The van der Waals surface area contributed by atoms with Crippen molar-refractivity contribution in [2.75, 3.05) is 32.7 Å². The van der Waals surface area contributed by atoms with E-state index >= 15 is 0 Å². The van der Waals surface area contributed by atoms with Gasteiger partial charge in [0.05, 0.1) is 35.9 Å². The number of aromatic amines is 2. The molecule has 2 aromatic heterocycles. The summed E-state index contributed by atoms with van der Waals surface area (Å²) in [6.07, 6.45) is 8.15. The van der Waals surface area contributed by atoms with Gasteiger partial charge in [-0.05, 0) is 79.4 Å². The SMILES string of the molecule is O=C(O)NCC(=O)N1CCC[C@H]1c1ncc(-c2ccc(-c3ccc(-c4cnc([C@@H]5CCCN5C(=O)[C@@H](c5ccccc5)N5CCCC5)[nH]4)cc3)cc2)[nH]1. The summed E-state index contributed by atoms with van der Waals surface area (Å²) in [6, 6.07) is 26.3. The molecule has 3 aliphatic rings. The molecule has 12 heteroatoms. The average Bonchev–Trinajstić information content (AvgIpc) is 4.04. The summed E-state index contributed by atoms with van der Waals surface area (Å²) in [6.45, 7) is 2.95. The van der Waals surface area contributed by atoms with E-state index in [-0.39, 0.29) is 36.5 Å². The van der Waals surface area contributed by atoms with E-state index in [2.05, 4.69) is 85.8 Å². The Kier molecular flexibility index (Phi) is 9.77. The second-order valence-corrected chi connectivity index (χ2v) is 14.2. The number of amides is 3. The smallest absolute Gasteiger partial charge is 0.405 e. The van der Waals surface area contributed by atoms with Crippen LogP contribution in [0.4, 0.5) is 4.79 Å². The zero-order chi connectivity index (χ0) is 36.3. The van der Waals surface area contributed by atoms with Gasteiger partial charge in [0.15, 0.2) is 0 Å². The lowest BCUT2D eigenvalue weighted by Gasteiger charge is -2.33. The van der Waals surface area contributed by atoms with Gasteiger partial charge in [0, 0.05) is 13.1 Å². The number of aromatic nitrogens is 4. The fraction of sp³-hybridized carbons (Fsp3) is 0.341. The summed E-state index contributed by atoms with van der Waals surface area (Å²) in [7, 11) is 0. The van der Waals surface area contributed by atoms with Crippen LogP contribution in [0, 0.1) is 0 Å². The van der Waals surface area contributed by atoms with Crippen LogP contribution in [0.3, 0.4) is 0 Å². The summed E-state index contributed by atoms with van der Waals surface area (Å²) in [5.74, 6) is 1.45. The van der Waals surface area contributed by atoms with E-state index in [1.165, 1.54) is 0 Å². The van der Waals surface area contributed by atoms with Crippen LogP contribution in [0.15, 0.2) is 91.3 Å². The fourth-order valence-corrected chi connectivity index (χ4v) is 8.21. The zero-order valence-electron chi connectivity index (χ0n) is 29.6. The highest BCUT2D eigenvalue weighted by atomic mass is 16.4. The first-order chi connectivity index (χ1) is 25.9. The van der Waals surface area contributed by atoms with Gasteiger partial charge < -0.3 is 30.2 Å². The van der Waals surface area contributed by atoms with Gasteiger partial charge in [0.25, 0.3) is 0 Å². The van der Waals surface area contributed by atoms with Gasteiger partial charge in [0.1, 0.15) is 24.2 Å². The number of H-pyrrole nitrogens is 2. The Labute approximate surface area is 308 Å². The summed E-state index contributed by atoms with van der Waals surface area (Å²) in [5, 5.41) is 11.0. The molecular weight excluding hydrogens is 669 g/mol. The number of benzene rings is 3. The van der Waals surface area contributed by atoms with Crippen molar-refractivity contribution in [2.24, 2.45) is 0 Å². The molecule has 3 aromatic carbocycles. The van der Waals surface area contributed by atoms with Crippen molar-refractivity contribution in [2.45, 2.75) is 56.7 Å². The van der Waals surface area contributed by atoms with E-state index in [1.54, 1.807) is 11.1 Å². The van der Waals surface area contributed by atoms with Crippen LogP contribution in [0.25, 0.3) is 33.6 Å². The minimum absolute atomic E-state index is 0.0745. The minimum atomic E-state index is -1.22. The van der Waals surface area contributed by atoms with Gasteiger partial charge >= 0.3 is 6.09 Å². The maximum atomic E-state index is 14.2. The van der Waals surface area contributed by atoms with E-state index in [0.29, 0.717) is 12.4 Å². The normalized spacial score (nSPS) is 19.5. The topological polar surface area (TPSA) is 151 Å². The fourth-order valence-electron chi connectivity index (χ4n) is 8.21. The van der Waals surface area contributed by atoms with Crippen molar-refractivity contribution in [3.8, 4) is 33.6 Å². The summed E-state index contributed by atoms with van der Waals surface area (Å²) in [4.78, 5) is 60.1.